The summed E-state index contributed by atoms with van der Waals surface area (Å²) in [6, 6.07) is 5.22. The molecule has 0 radical (unpaired) electrons. The van der Waals surface area contributed by atoms with Crippen molar-refractivity contribution in [3.63, 3.8) is 0 Å². The molecule has 0 bridgehead atoms. The highest BCUT2D eigenvalue weighted by Crippen LogP contribution is 2.27. The Morgan fingerprint density at radius 2 is 2.29 bits per heavy atom. The van der Waals surface area contributed by atoms with E-state index in [2.05, 4.69) is 21.2 Å². The highest BCUT2D eigenvalue weighted by molar-refractivity contribution is 9.10. The third kappa shape index (κ3) is 5.39. The average Bonchev–Trinajstić information content (AvgIpc) is 2.28. The van der Waals surface area contributed by atoms with E-state index in [4.69, 9.17) is 22.1 Å². The third-order valence-electron chi connectivity index (χ3n) is 1.96. The number of halogens is 2. The van der Waals surface area contributed by atoms with Gasteiger partial charge in [-0.3, -0.25) is 4.79 Å². The number of amides is 1. The first-order valence-corrected chi connectivity index (χ1v) is 6.35. The molecular weight excluding hydrogens is 307 g/mol. The summed E-state index contributed by atoms with van der Waals surface area (Å²) >= 11 is 9.22. The molecule has 0 saturated carbocycles. The summed E-state index contributed by atoms with van der Waals surface area (Å²) in [5, 5.41) is 3.16. The fraction of sp³-hybridized carbons (Fsp3) is 0.364. The zero-order valence-electron chi connectivity index (χ0n) is 9.21. The lowest BCUT2D eigenvalue weighted by Gasteiger charge is -2.08. The lowest BCUT2D eigenvalue weighted by Crippen LogP contribution is -2.30. The van der Waals surface area contributed by atoms with E-state index in [9.17, 15) is 4.79 Å². The summed E-state index contributed by atoms with van der Waals surface area (Å²) in [6.45, 7) is 1.07. The summed E-state index contributed by atoms with van der Waals surface area (Å²) in [6.07, 6.45) is 0.755. The average molecular weight is 322 g/mol. The van der Waals surface area contributed by atoms with Crippen molar-refractivity contribution in [1.82, 2.24) is 5.32 Å². The number of hydrogen-bond donors (Lipinski definition) is 2. The summed E-state index contributed by atoms with van der Waals surface area (Å²) in [5.74, 6) is 0.307. The Kier molecular flexibility index (Phi) is 6.32. The first kappa shape index (κ1) is 14.3. The van der Waals surface area contributed by atoms with Crippen LogP contribution in [0.15, 0.2) is 22.7 Å². The Morgan fingerprint density at radius 3 is 2.94 bits per heavy atom. The molecule has 0 unspecified atom stereocenters. The minimum atomic E-state index is -0.183. The molecule has 3 N–H and O–H groups in total. The van der Waals surface area contributed by atoms with Crippen molar-refractivity contribution in [2.45, 2.75) is 6.42 Å². The number of carbonyl (C=O) groups is 1. The van der Waals surface area contributed by atoms with Gasteiger partial charge in [0, 0.05) is 11.0 Å². The maximum Gasteiger partial charge on any atom is 0.257 e. The predicted octanol–water partition coefficient (Wildman–Crippen LogP) is 1.95. The van der Waals surface area contributed by atoms with Gasteiger partial charge in [0.2, 0.25) is 0 Å². The summed E-state index contributed by atoms with van der Waals surface area (Å²) in [5.41, 5.74) is 5.31. The number of nitrogens with two attached hydrogens (primary N) is 1. The molecule has 0 aromatic heterocycles. The molecule has 0 saturated heterocycles. The van der Waals surface area contributed by atoms with Gasteiger partial charge in [0.05, 0.1) is 5.02 Å². The zero-order chi connectivity index (χ0) is 12.7. The van der Waals surface area contributed by atoms with Gasteiger partial charge in [0.15, 0.2) is 6.61 Å². The quantitative estimate of drug-likeness (QED) is 0.787. The maximum absolute atomic E-state index is 11.3. The second kappa shape index (κ2) is 7.53. The van der Waals surface area contributed by atoms with Crippen molar-refractivity contribution in [3.05, 3.63) is 27.7 Å². The van der Waals surface area contributed by atoms with Crippen LogP contribution in [0.2, 0.25) is 5.02 Å². The minimum absolute atomic E-state index is 0.0497. The van der Waals surface area contributed by atoms with Crippen molar-refractivity contribution in [2.24, 2.45) is 5.73 Å². The van der Waals surface area contributed by atoms with E-state index in [1.165, 1.54) is 0 Å². The van der Waals surface area contributed by atoms with E-state index < -0.39 is 0 Å². The molecule has 94 valence electrons. The van der Waals surface area contributed by atoms with E-state index in [1.54, 1.807) is 18.2 Å². The molecule has 1 amide bonds. The molecule has 0 fully saturated rings. The van der Waals surface area contributed by atoms with Crippen molar-refractivity contribution < 1.29 is 9.53 Å². The zero-order valence-corrected chi connectivity index (χ0v) is 11.6. The highest BCUT2D eigenvalue weighted by atomic mass is 79.9. The number of rotatable bonds is 6. The number of ether oxygens (including phenoxy) is 1. The topological polar surface area (TPSA) is 64.3 Å². The van der Waals surface area contributed by atoms with E-state index in [0.29, 0.717) is 23.9 Å². The first-order valence-electron chi connectivity index (χ1n) is 5.18. The first-order chi connectivity index (χ1) is 8.13. The van der Waals surface area contributed by atoms with Gasteiger partial charge in [-0.05, 0) is 31.2 Å². The van der Waals surface area contributed by atoms with Crippen LogP contribution in [0, 0.1) is 0 Å². The monoisotopic (exact) mass is 320 g/mol. The molecule has 6 heteroatoms. The van der Waals surface area contributed by atoms with E-state index in [0.717, 1.165) is 10.9 Å². The Labute approximate surface area is 114 Å². The van der Waals surface area contributed by atoms with Crippen molar-refractivity contribution >= 4 is 33.4 Å². The van der Waals surface area contributed by atoms with Crippen LogP contribution in [-0.4, -0.2) is 25.6 Å². The van der Waals surface area contributed by atoms with E-state index in [1.807, 2.05) is 0 Å². The number of hydrogen-bond acceptors (Lipinski definition) is 3. The predicted molar refractivity (Wildman–Crippen MR) is 71.3 cm³/mol. The van der Waals surface area contributed by atoms with Crippen molar-refractivity contribution in [2.75, 3.05) is 19.7 Å². The van der Waals surface area contributed by atoms with Crippen LogP contribution in [0.5, 0.6) is 5.75 Å². The molecule has 1 aromatic rings. The van der Waals surface area contributed by atoms with Crippen LogP contribution in [0.1, 0.15) is 6.42 Å². The van der Waals surface area contributed by atoms with Crippen LogP contribution in [0.3, 0.4) is 0 Å². The van der Waals surface area contributed by atoms with Crippen LogP contribution < -0.4 is 15.8 Å². The fourth-order valence-corrected chi connectivity index (χ4v) is 1.84. The number of carbonyl (C=O) groups excluding carboxylic acids is 1. The van der Waals surface area contributed by atoms with Gasteiger partial charge in [-0.25, -0.2) is 0 Å². The summed E-state index contributed by atoms with van der Waals surface area (Å²) in [4.78, 5) is 11.3. The Balaban J connectivity index is 2.37. The molecular formula is C11H14BrClN2O2. The molecule has 0 heterocycles. The highest BCUT2D eigenvalue weighted by Gasteiger charge is 2.05. The molecule has 1 aromatic carbocycles. The van der Waals surface area contributed by atoms with E-state index in [-0.39, 0.29) is 12.5 Å². The lowest BCUT2D eigenvalue weighted by molar-refractivity contribution is -0.123. The van der Waals surface area contributed by atoms with Gasteiger partial charge in [-0.2, -0.15) is 0 Å². The number of benzene rings is 1. The summed E-state index contributed by atoms with van der Waals surface area (Å²) in [7, 11) is 0. The second-order valence-corrected chi connectivity index (χ2v) is 4.68. The molecule has 17 heavy (non-hydrogen) atoms. The largest absolute Gasteiger partial charge is 0.482 e. The fourth-order valence-electron chi connectivity index (χ4n) is 1.12. The molecule has 0 atom stereocenters. The van der Waals surface area contributed by atoms with Gasteiger partial charge in [-0.1, -0.05) is 27.5 Å². The SMILES string of the molecule is NCCCNC(=O)COc1ccc(Br)cc1Cl. The number of nitrogens with one attached hydrogen (secondary N) is 1. The molecule has 0 aliphatic heterocycles. The minimum Gasteiger partial charge on any atom is -0.482 e. The summed E-state index contributed by atoms with van der Waals surface area (Å²) < 4.78 is 6.15. The van der Waals surface area contributed by atoms with Crippen molar-refractivity contribution in [1.29, 1.82) is 0 Å². The van der Waals surface area contributed by atoms with Gasteiger partial charge < -0.3 is 15.8 Å². The molecule has 0 spiro atoms. The van der Waals surface area contributed by atoms with Gasteiger partial charge in [0.1, 0.15) is 5.75 Å². The Hall–Kier alpha value is -0.780. The lowest BCUT2D eigenvalue weighted by atomic mass is 10.3. The molecule has 0 aliphatic rings. The Bertz CT molecular complexity index is 388. The van der Waals surface area contributed by atoms with Gasteiger partial charge in [0.25, 0.3) is 5.91 Å². The van der Waals surface area contributed by atoms with Crippen LogP contribution in [0.4, 0.5) is 0 Å². The molecule has 0 aliphatic carbocycles. The third-order valence-corrected chi connectivity index (χ3v) is 2.74. The van der Waals surface area contributed by atoms with Crippen LogP contribution in [0.25, 0.3) is 0 Å². The molecule has 1 rings (SSSR count). The maximum atomic E-state index is 11.3. The standard InChI is InChI=1S/C11H14BrClN2O2/c12-8-2-3-10(9(13)6-8)17-7-11(16)15-5-1-4-14/h2-3,6H,1,4-5,7,14H2,(H,15,16). The van der Waals surface area contributed by atoms with Gasteiger partial charge in [-0.15, -0.1) is 0 Å². The van der Waals surface area contributed by atoms with Crippen molar-refractivity contribution in [3.8, 4) is 5.75 Å². The van der Waals surface area contributed by atoms with Gasteiger partial charge >= 0.3 is 0 Å². The van der Waals surface area contributed by atoms with E-state index >= 15 is 0 Å². The smallest absolute Gasteiger partial charge is 0.257 e. The second-order valence-electron chi connectivity index (χ2n) is 3.36. The normalized spacial score (nSPS) is 10.1. The molecule has 4 nitrogen and oxygen atoms in total. The van der Waals surface area contributed by atoms with Crippen LogP contribution in [-0.2, 0) is 4.79 Å². The van der Waals surface area contributed by atoms with Crippen LogP contribution >= 0.6 is 27.5 Å². The Morgan fingerprint density at radius 1 is 1.53 bits per heavy atom.